The van der Waals surface area contributed by atoms with Crippen molar-refractivity contribution >= 4 is 40.4 Å². The van der Waals surface area contributed by atoms with Crippen LogP contribution in [-0.2, 0) is 4.79 Å². The normalized spacial score (nSPS) is 11.8. The minimum Gasteiger partial charge on any atom is -0.404 e. The number of allylic oxidation sites excluding steroid dienone is 1. The van der Waals surface area contributed by atoms with Gasteiger partial charge in [0.15, 0.2) is 0 Å². The lowest BCUT2D eigenvalue weighted by molar-refractivity contribution is -0.111. The van der Waals surface area contributed by atoms with Crippen molar-refractivity contribution in [2.75, 3.05) is 5.32 Å². The fourth-order valence-corrected chi connectivity index (χ4v) is 2.49. The number of aromatic nitrogens is 2. The molecule has 0 saturated carbocycles. The van der Waals surface area contributed by atoms with Crippen LogP contribution in [0.1, 0.15) is 11.1 Å². The second kappa shape index (κ2) is 7.27. The molecule has 6 heteroatoms. The molecule has 1 aromatic carbocycles. The molecule has 0 fully saturated rings. The monoisotopic (exact) mass is 331 g/mol. The SMILES string of the molecule is N=C/C(=C\N)c1ccncc1/C=C/C(=O)Nc1ccc2cc[nH]c2c1. The quantitative estimate of drug-likeness (QED) is 0.426. The van der Waals surface area contributed by atoms with E-state index < -0.39 is 0 Å². The molecule has 0 aliphatic rings. The molecule has 0 aliphatic carbocycles. The molecule has 3 aromatic rings. The van der Waals surface area contributed by atoms with E-state index in [1.807, 2.05) is 30.5 Å². The lowest BCUT2D eigenvalue weighted by Gasteiger charge is -2.05. The van der Waals surface area contributed by atoms with Crippen LogP contribution >= 0.6 is 0 Å². The maximum absolute atomic E-state index is 12.2. The molecule has 124 valence electrons. The van der Waals surface area contributed by atoms with Crippen LogP contribution in [0.2, 0.25) is 0 Å². The number of fused-ring (bicyclic) bond motifs is 1. The lowest BCUT2D eigenvalue weighted by atomic mass is 10.0. The van der Waals surface area contributed by atoms with Crippen molar-refractivity contribution in [3.63, 3.8) is 0 Å². The topological polar surface area (TPSA) is 108 Å². The van der Waals surface area contributed by atoms with Crippen molar-refractivity contribution in [3.8, 4) is 0 Å². The molecule has 25 heavy (non-hydrogen) atoms. The predicted octanol–water partition coefficient (Wildman–Crippen LogP) is 3.16. The van der Waals surface area contributed by atoms with Gasteiger partial charge in [0.05, 0.1) is 0 Å². The predicted molar refractivity (Wildman–Crippen MR) is 101 cm³/mol. The van der Waals surface area contributed by atoms with Gasteiger partial charge in [-0.3, -0.25) is 9.78 Å². The third-order valence-electron chi connectivity index (χ3n) is 3.73. The van der Waals surface area contributed by atoms with Crippen LogP contribution < -0.4 is 11.1 Å². The molecular weight excluding hydrogens is 314 g/mol. The van der Waals surface area contributed by atoms with E-state index in [2.05, 4.69) is 15.3 Å². The maximum Gasteiger partial charge on any atom is 0.248 e. The van der Waals surface area contributed by atoms with Crippen molar-refractivity contribution < 1.29 is 4.79 Å². The van der Waals surface area contributed by atoms with Gasteiger partial charge in [-0.25, -0.2) is 0 Å². The van der Waals surface area contributed by atoms with Crippen LogP contribution in [0.25, 0.3) is 22.6 Å². The highest BCUT2D eigenvalue weighted by molar-refractivity contribution is 6.10. The number of rotatable bonds is 5. The molecule has 3 rings (SSSR count). The Morgan fingerprint density at radius 1 is 1.28 bits per heavy atom. The summed E-state index contributed by atoms with van der Waals surface area (Å²) in [6.07, 6.45) is 10.7. The molecule has 5 N–H and O–H groups in total. The molecule has 1 amide bonds. The Morgan fingerprint density at radius 2 is 2.16 bits per heavy atom. The van der Waals surface area contributed by atoms with E-state index in [1.54, 1.807) is 24.5 Å². The molecule has 0 spiro atoms. The zero-order valence-corrected chi connectivity index (χ0v) is 13.4. The Kier molecular flexibility index (Phi) is 4.71. The number of nitrogens with two attached hydrogens (primary N) is 1. The summed E-state index contributed by atoms with van der Waals surface area (Å²) in [4.78, 5) is 19.3. The third kappa shape index (κ3) is 3.64. The summed E-state index contributed by atoms with van der Waals surface area (Å²) in [5.74, 6) is -0.256. The number of H-pyrrole nitrogens is 1. The van der Waals surface area contributed by atoms with Crippen LogP contribution in [0.15, 0.2) is 61.2 Å². The van der Waals surface area contributed by atoms with Gasteiger partial charge in [-0.1, -0.05) is 6.07 Å². The fraction of sp³-hybridized carbons (Fsp3) is 0. The summed E-state index contributed by atoms with van der Waals surface area (Å²) in [6.45, 7) is 0. The molecule has 6 nitrogen and oxygen atoms in total. The minimum absolute atomic E-state index is 0.256. The van der Waals surface area contributed by atoms with E-state index in [-0.39, 0.29) is 5.91 Å². The molecule has 0 aliphatic heterocycles. The van der Waals surface area contributed by atoms with Gasteiger partial charge in [-0.15, -0.1) is 0 Å². The van der Waals surface area contributed by atoms with Crippen molar-refractivity contribution in [2.24, 2.45) is 5.73 Å². The van der Waals surface area contributed by atoms with Crippen LogP contribution in [0.5, 0.6) is 0 Å². The van der Waals surface area contributed by atoms with Crippen LogP contribution in [0.4, 0.5) is 5.69 Å². The van der Waals surface area contributed by atoms with Crippen LogP contribution in [0, 0.1) is 5.41 Å². The average molecular weight is 331 g/mol. The Balaban J connectivity index is 1.77. The van der Waals surface area contributed by atoms with Crippen molar-refractivity contribution in [3.05, 3.63) is 72.3 Å². The average Bonchev–Trinajstić information content (AvgIpc) is 3.10. The first kappa shape index (κ1) is 16.2. The largest absolute Gasteiger partial charge is 0.404 e. The highest BCUT2D eigenvalue weighted by Gasteiger charge is 2.05. The first-order chi connectivity index (χ1) is 12.2. The second-order valence-corrected chi connectivity index (χ2v) is 5.33. The summed E-state index contributed by atoms with van der Waals surface area (Å²) in [6, 6.07) is 9.38. The van der Waals surface area contributed by atoms with Crippen molar-refractivity contribution in [1.82, 2.24) is 9.97 Å². The summed E-state index contributed by atoms with van der Waals surface area (Å²) in [7, 11) is 0. The van der Waals surface area contributed by atoms with Crippen molar-refractivity contribution in [1.29, 1.82) is 5.41 Å². The van der Waals surface area contributed by atoms with Crippen LogP contribution in [0.3, 0.4) is 0 Å². The summed E-state index contributed by atoms with van der Waals surface area (Å²) in [5, 5.41) is 11.3. The molecule has 0 radical (unpaired) electrons. The van der Waals surface area contributed by atoms with Crippen molar-refractivity contribution in [2.45, 2.75) is 0 Å². The van der Waals surface area contributed by atoms with Gasteiger partial charge in [-0.05, 0) is 41.3 Å². The highest BCUT2D eigenvalue weighted by Crippen LogP contribution is 2.19. The fourth-order valence-electron chi connectivity index (χ4n) is 2.49. The van der Waals surface area contributed by atoms with E-state index in [0.29, 0.717) is 16.8 Å². The zero-order chi connectivity index (χ0) is 17.6. The lowest BCUT2D eigenvalue weighted by Crippen LogP contribution is -2.07. The van der Waals surface area contributed by atoms with Gasteiger partial charge >= 0.3 is 0 Å². The summed E-state index contributed by atoms with van der Waals surface area (Å²) < 4.78 is 0. The molecule has 2 heterocycles. The van der Waals surface area contributed by atoms with Gasteiger partial charge in [0.1, 0.15) is 0 Å². The van der Waals surface area contributed by atoms with Gasteiger partial charge in [0.25, 0.3) is 0 Å². The Bertz CT molecular complexity index is 984. The number of hydrogen-bond donors (Lipinski definition) is 4. The maximum atomic E-state index is 12.2. The first-order valence-electron chi connectivity index (χ1n) is 7.64. The molecule has 0 atom stereocenters. The molecule has 0 saturated heterocycles. The molecule has 0 unspecified atom stereocenters. The minimum atomic E-state index is -0.256. The number of aromatic amines is 1. The van der Waals surface area contributed by atoms with E-state index in [1.165, 1.54) is 18.5 Å². The van der Waals surface area contributed by atoms with E-state index in [0.717, 1.165) is 16.5 Å². The third-order valence-corrected chi connectivity index (χ3v) is 3.73. The van der Waals surface area contributed by atoms with Gasteiger partial charge in [0.2, 0.25) is 5.91 Å². The van der Waals surface area contributed by atoms with Gasteiger partial charge < -0.3 is 21.4 Å². The number of pyridine rings is 1. The highest BCUT2D eigenvalue weighted by atomic mass is 16.1. The number of benzene rings is 1. The standard InChI is InChI=1S/C19H17N5O/c20-10-15(11-21)17-6-7-22-12-14(17)2-4-19(25)24-16-3-1-13-5-8-23-18(13)9-16/h1-12,20,23H,21H2,(H,24,25)/b4-2+,15-11+,20-10?. The summed E-state index contributed by atoms with van der Waals surface area (Å²) >= 11 is 0. The molecule has 2 aromatic heterocycles. The van der Waals surface area contributed by atoms with E-state index in [4.69, 9.17) is 11.1 Å². The number of carbonyl (C=O) groups is 1. The number of carbonyl (C=O) groups excluding carboxylic acids is 1. The summed E-state index contributed by atoms with van der Waals surface area (Å²) in [5.41, 5.74) is 9.21. The number of anilines is 1. The Labute approximate surface area is 144 Å². The smallest absolute Gasteiger partial charge is 0.248 e. The Morgan fingerprint density at radius 3 is 2.96 bits per heavy atom. The molecular formula is C19H17N5O. The number of nitrogens with one attached hydrogen (secondary N) is 3. The Hall–Kier alpha value is -3.67. The number of amides is 1. The van der Waals surface area contributed by atoms with E-state index >= 15 is 0 Å². The second-order valence-electron chi connectivity index (χ2n) is 5.33. The number of hydrogen-bond acceptors (Lipinski definition) is 4. The first-order valence-corrected chi connectivity index (χ1v) is 7.64. The molecule has 0 bridgehead atoms. The van der Waals surface area contributed by atoms with Crippen LogP contribution in [-0.4, -0.2) is 22.1 Å². The van der Waals surface area contributed by atoms with Gasteiger partial charge in [-0.2, -0.15) is 0 Å². The van der Waals surface area contributed by atoms with Gasteiger partial charge in [0, 0.05) is 59.4 Å². The number of nitrogens with zero attached hydrogens (tertiary/aromatic N) is 1. The zero-order valence-electron chi connectivity index (χ0n) is 13.4. The van der Waals surface area contributed by atoms with E-state index in [9.17, 15) is 4.79 Å².